The highest BCUT2D eigenvalue weighted by molar-refractivity contribution is 7.22. The molecule has 8 rings (SSSR count). The number of nitrogens with two attached hydrogens (primary N) is 1. The number of halogens is 3. The van der Waals surface area contributed by atoms with Gasteiger partial charge in [-0.15, -0.1) is 0 Å². The number of piperazine rings is 1. The molecule has 4 atom stereocenters. The van der Waals surface area contributed by atoms with Crippen molar-refractivity contribution >= 4 is 43.4 Å². The van der Waals surface area contributed by atoms with Crippen LogP contribution in [0.1, 0.15) is 57.4 Å². The Bertz CT molecular complexity index is 1770. The van der Waals surface area contributed by atoms with Gasteiger partial charge in [-0.1, -0.05) is 25.2 Å². The van der Waals surface area contributed by atoms with E-state index in [-0.39, 0.29) is 34.7 Å². The second-order valence-corrected chi connectivity index (χ2v) is 14.3. The van der Waals surface area contributed by atoms with E-state index in [2.05, 4.69) is 25.1 Å². The van der Waals surface area contributed by atoms with E-state index < -0.39 is 17.8 Å². The zero-order valence-corrected chi connectivity index (χ0v) is 25.7. The Morgan fingerprint density at radius 2 is 1.91 bits per heavy atom. The molecule has 2 aromatic heterocycles. The van der Waals surface area contributed by atoms with Crippen LogP contribution in [0.5, 0.6) is 6.01 Å². The van der Waals surface area contributed by atoms with Crippen molar-refractivity contribution in [1.82, 2.24) is 25.2 Å². The molecule has 8 nitrogen and oxygen atoms in total. The number of hydrogen-bond donors (Lipinski definition) is 2. The van der Waals surface area contributed by atoms with Crippen LogP contribution in [0.4, 0.5) is 24.1 Å². The first kappa shape index (κ1) is 28.3. The first-order chi connectivity index (χ1) is 21.2. The maximum Gasteiger partial charge on any atom is 0.319 e. The zero-order valence-electron chi connectivity index (χ0n) is 24.9. The summed E-state index contributed by atoms with van der Waals surface area (Å²) in [5.74, 6) is -0.385. The van der Waals surface area contributed by atoms with Gasteiger partial charge in [-0.05, 0) is 61.9 Å². The number of benzene rings is 2. The Hall–Kier alpha value is -3.22. The molecule has 4 fully saturated rings. The van der Waals surface area contributed by atoms with Crippen molar-refractivity contribution in [2.75, 3.05) is 43.4 Å². The summed E-state index contributed by atoms with van der Waals surface area (Å²) in [6, 6.07) is 5.66. The summed E-state index contributed by atoms with van der Waals surface area (Å²) in [6.45, 7) is 7.03. The number of nitrogens with zero attached hydrogens (tertiary/aromatic N) is 5. The number of nitrogens with one attached hydrogen (secondary N) is 1. The highest BCUT2D eigenvalue weighted by atomic mass is 32.1. The van der Waals surface area contributed by atoms with Gasteiger partial charge in [-0.2, -0.15) is 9.97 Å². The monoisotopic (exact) mass is 623 g/mol. The lowest BCUT2D eigenvalue weighted by molar-refractivity contribution is 0.107. The molecule has 4 aliphatic rings. The summed E-state index contributed by atoms with van der Waals surface area (Å²) in [5.41, 5.74) is 7.63. The van der Waals surface area contributed by atoms with E-state index in [1.165, 1.54) is 6.07 Å². The van der Waals surface area contributed by atoms with Crippen LogP contribution < -0.4 is 20.7 Å². The third kappa shape index (κ3) is 4.51. The molecule has 232 valence electrons. The SMILES string of the molecule is CC(C)c1cc2c(N3CC4CCC(C3)N4)nc(OC[C@@]34CCCN3C[C@H](F)C4)nc2c(F)c1-c1ccc(F)c2sc(N)nc12. The smallest absolute Gasteiger partial charge is 0.319 e. The third-order valence-electron chi connectivity index (χ3n) is 10.1. The number of hydrogen-bond acceptors (Lipinski definition) is 9. The van der Waals surface area contributed by atoms with E-state index >= 15 is 4.39 Å². The minimum absolute atomic E-state index is 0.0635. The molecule has 44 heavy (non-hydrogen) atoms. The van der Waals surface area contributed by atoms with Crippen molar-refractivity contribution in [3.8, 4) is 17.1 Å². The molecular formula is C32H36F3N7OS. The molecule has 0 radical (unpaired) electrons. The maximum atomic E-state index is 17.1. The van der Waals surface area contributed by atoms with Crippen molar-refractivity contribution in [3.63, 3.8) is 0 Å². The fourth-order valence-corrected chi connectivity index (χ4v) is 8.82. The Labute approximate surface area is 257 Å². The quantitative estimate of drug-likeness (QED) is 0.279. The Balaban J connectivity index is 1.30. The van der Waals surface area contributed by atoms with Crippen LogP contribution in [-0.4, -0.2) is 76.4 Å². The second-order valence-electron chi connectivity index (χ2n) is 13.3. The molecule has 0 spiro atoms. The number of thiazole rings is 1. The van der Waals surface area contributed by atoms with E-state index in [0.717, 1.165) is 62.2 Å². The van der Waals surface area contributed by atoms with Gasteiger partial charge >= 0.3 is 6.01 Å². The van der Waals surface area contributed by atoms with Crippen molar-refractivity contribution in [1.29, 1.82) is 0 Å². The van der Waals surface area contributed by atoms with Crippen LogP contribution in [0.15, 0.2) is 18.2 Å². The zero-order chi connectivity index (χ0) is 30.3. The lowest BCUT2D eigenvalue weighted by Crippen LogP contribution is -2.51. The number of rotatable bonds is 6. The van der Waals surface area contributed by atoms with Crippen LogP contribution in [0.3, 0.4) is 0 Å². The van der Waals surface area contributed by atoms with Gasteiger partial charge in [-0.25, -0.2) is 18.2 Å². The largest absolute Gasteiger partial charge is 0.461 e. The van der Waals surface area contributed by atoms with Gasteiger partial charge in [-0.3, -0.25) is 4.90 Å². The molecule has 12 heteroatoms. The highest BCUT2D eigenvalue weighted by Crippen LogP contribution is 2.44. The Morgan fingerprint density at radius 3 is 2.68 bits per heavy atom. The van der Waals surface area contributed by atoms with Gasteiger partial charge in [0.15, 0.2) is 10.9 Å². The van der Waals surface area contributed by atoms with Crippen LogP contribution >= 0.6 is 11.3 Å². The minimum Gasteiger partial charge on any atom is -0.461 e. The van der Waals surface area contributed by atoms with Gasteiger partial charge in [0, 0.05) is 54.7 Å². The highest BCUT2D eigenvalue weighted by Gasteiger charge is 2.49. The predicted molar refractivity (Wildman–Crippen MR) is 167 cm³/mol. The van der Waals surface area contributed by atoms with Gasteiger partial charge in [0.05, 0.1) is 15.8 Å². The van der Waals surface area contributed by atoms with E-state index in [1.807, 2.05) is 19.9 Å². The van der Waals surface area contributed by atoms with E-state index in [0.29, 0.717) is 57.6 Å². The number of nitrogen functional groups attached to an aromatic ring is 1. The molecular weight excluding hydrogens is 587 g/mol. The number of fused-ring (bicyclic) bond motifs is 5. The van der Waals surface area contributed by atoms with Crippen LogP contribution in [0.2, 0.25) is 0 Å². The summed E-state index contributed by atoms with van der Waals surface area (Å²) in [5, 5.41) is 4.49. The molecule has 0 amide bonds. The molecule has 2 unspecified atom stereocenters. The lowest BCUT2D eigenvalue weighted by atomic mass is 9.89. The fourth-order valence-electron chi connectivity index (χ4n) is 8.06. The lowest BCUT2D eigenvalue weighted by Gasteiger charge is -2.35. The molecule has 6 heterocycles. The molecule has 3 N–H and O–H groups in total. The molecule has 0 aliphatic carbocycles. The van der Waals surface area contributed by atoms with Gasteiger partial charge in [0.25, 0.3) is 0 Å². The van der Waals surface area contributed by atoms with E-state index in [9.17, 15) is 8.78 Å². The first-order valence-electron chi connectivity index (χ1n) is 15.6. The average Bonchev–Trinajstić information content (AvgIpc) is 3.74. The summed E-state index contributed by atoms with van der Waals surface area (Å²) in [4.78, 5) is 18.4. The minimum atomic E-state index is -0.884. The van der Waals surface area contributed by atoms with Gasteiger partial charge in [0.2, 0.25) is 0 Å². The molecule has 2 aromatic carbocycles. The summed E-state index contributed by atoms with van der Waals surface area (Å²) < 4.78 is 53.0. The topological polar surface area (TPSA) is 92.4 Å². The van der Waals surface area contributed by atoms with E-state index in [1.54, 1.807) is 6.07 Å². The summed E-state index contributed by atoms with van der Waals surface area (Å²) in [7, 11) is 0. The molecule has 4 aliphatic heterocycles. The molecule has 0 saturated carbocycles. The van der Waals surface area contributed by atoms with Crippen LogP contribution in [0.25, 0.3) is 32.2 Å². The van der Waals surface area contributed by atoms with E-state index in [4.69, 9.17) is 15.5 Å². The van der Waals surface area contributed by atoms with Crippen molar-refractivity contribution < 1.29 is 17.9 Å². The van der Waals surface area contributed by atoms with Gasteiger partial charge < -0.3 is 20.7 Å². The Kier molecular flexibility index (Phi) is 6.69. The van der Waals surface area contributed by atoms with Crippen molar-refractivity contribution in [3.05, 3.63) is 35.4 Å². The summed E-state index contributed by atoms with van der Waals surface area (Å²) >= 11 is 1.05. The molecule has 4 aromatic rings. The van der Waals surface area contributed by atoms with Crippen LogP contribution in [-0.2, 0) is 0 Å². The molecule has 2 bridgehead atoms. The normalized spacial score (nSPS) is 26.9. The number of ether oxygens (including phenoxy) is 1. The third-order valence-corrected chi connectivity index (χ3v) is 11.0. The number of anilines is 2. The van der Waals surface area contributed by atoms with Gasteiger partial charge in [0.1, 0.15) is 29.9 Å². The predicted octanol–water partition coefficient (Wildman–Crippen LogP) is 5.79. The van der Waals surface area contributed by atoms with Crippen molar-refractivity contribution in [2.24, 2.45) is 0 Å². The van der Waals surface area contributed by atoms with Crippen molar-refractivity contribution in [2.45, 2.75) is 75.7 Å². The standard InChI is InChI=1S/C32H36F3N7OS/c1-16(2)21-10-22-26(25(35)24(21)20-6-7-23(34)28-27(20)38-30(36)44-28)39-31(40-29(22)41-13-18-4-5-19(14-41)37-18)43-15-32-8-3-9-42(32)12-17(33)11-32/h6-7,10,16-19,37H,3-5,8-9,11-15H2,1-2H3,(H2,36,38)/t17-,18?,19?,32+/m1/s1. The van der Waals surface area contributed by atoms with Crippen LogP contribution in [0, 0.1) is 11.6 Å². The fraction of sp³-hybridized carbons (Fsp3) is 0.531. The number of aromatic nitrogens is 3. The summed E-state index contributed by atoms with van der Waals surface area (Å²) in [6.07, 6.45) is 3.55. The average molecular weight is 624 g/mol. The first-order valence-corrected chi connectivity index (χ1v) is 16.4. The molecule has 4 saturated heterocycles. The number of alkyl halides is 1. The maximum absolute atomic E-state index is 17.1. The Morgan fingerprint density at radius 1 is 1.11 bits per heavy atom. The second kappa shape index (κ2) is 10.4.